The average molecular weight is 305 g/mol. The van der Waals surface area contributed by atoms with Crippen LogP contribution in [0.2, 0.25) is 0 Å². The Balaban J connectivity index is 2.85. The number of nitrogens with zero attached hydrogens (tertiary/aromatic N) is 3. The van der Waals surface area contributed by atoms with Gasteiger partial charge in [-0.05, 0) is 13.3 Å². The van der Waals surface area contributed by atoms with E-state index in [4.69, 9.17) is 5.11 Å². The van der Waals surface area contributed by atoms with E-state index in [2.05, 4.69) is 10.2 Å². The molecule has 19 heavy (non-hydrogen) atoms. The molecular weight excluding hydrogens is 286 g/mol. The Morgan fingerprint density at radius 3 is 2.74 bits per heavy atom. The third-order valence-corrected chi connectivity index (χ3v) is 4.38. The molecule has 6 nitrogen and oxygen atoms in total. The largest absolute Gasteiger partial charge is 0.481 e. The maximum absolute atomic E-state index is 11.2. The first-order valence-electron chi connectivity index (χ1n) is 6.04. The van der Waals surface area contributed by atoms with Crippen LogP contribution in [0.4, 0.5) is 0 Å². The summed E-state index contributed by atoms with van der Waals surface area (Å²) in [5.74, 6) is 0.544. The van der Waals surface area contributed by atoms with E-state index in [0.29, 0.717) is 10.9 Å². The number of carboxylic acids is 1. The van der Waals surface area contributed by atoms with Gasteiger partial charge in [0.2, 0.25) is 0 Å². The van der Waals surface area contributed by atoms with E-state index in [0.717, 1.165) is 18.7 Å². The lowest BCUT2D eigenvalue weighted by molar-refractivity contribution is -0.133. The van der Waals surface area contributed by atoms with Gasteiger partial charge < -0.3 is 9.67 Å². The standard InChI is InChI=1S/C11H19N3O3S2/c1-4-9-12-13-11(18-7-10(15)16)14(9)8(2)5-6-19(3)17/h8H,4-7H2,1-3H3,(H,15,16). The molecule has 1 rings (SSSR count). The van der Waals surface area contributed by atoms with Crippen LogP contribution in [-0.2, 0) is 22.0 Å². The summed E-state index contributed by atoms with van der Waals surface area (Å²) >= 11 is 1.17. The Bertz CT molecular complexity index is 462. The zero-order valence-corrected chi connectivity index (χ0v) is 13.0. The molecule has 1 heterocycles. The highest BCUT2D eigenvalue weighted by atomic mass is 32.2. The van der Waals surface area contributed by atoms with Crippen molar-refractivity contribution in [1.29, 1.82) is 0 Å². The molecule has 1 aromatic rings. The third-order valence-electron chi connectivity index (χ3n) is 2.64. The van der Waals surface area contributed by atoms with E-state index in [1.54, 1.807) is 6.26 Å². The number of hydrogen-bond donors (Lipinski definition) is 1. The zero-order chi connectivity index (χ0) is 14.4. The van der Waals surface area contributed by atoms with Gasteiger partial charge in [-0.1, -0.05) is 18.7 Å². The summed E-state index contributed by atoms with van der Waals surface area (Å²) in [6.07, 6.45) is 3.18. The van der Waals surface area contributed by atoms with Gasteiger partial charge in [-0.3, -0.25) is 9.00 Å². The number of rotatable bonds is 8. The highest BCUT2D eigenvalue weighted by Crippen LogP contribution is 2.23. The van der Waals surface area contributed by atoms with Gasteiger partial charge in [0.15, 0.2) is 5.16 Å². The third kappa shape index (κ3) is 4.94. The molecule has 0 radical (unpaired) electrons. The highest BCUT2D eigenvalue weighted by molar-refractivity contribution is 7.99. The molecule has 0 aliphatic heterocycles. The van der Waals surface area contributed by atoms with E-state index in [-0.39, 0.29) is 11.8 Å². The molecule has 0 saturated carbocycles. The monoisotopic (exact) mass is 305 g/mol. The molecule has 8 heteroatoms. The Labute approximate surface area is 119 Å². The van der Waals surface area contributed by atoms with Gasteiger partial charge in [0.25, 0.3) is 0 Å². The van der Waals surface area contributed by atoms with E-state index >= 15 is 0 Å². The maximum atomic E-state index is 11.2. The van der Waals surface area contributed by atoms with Crippen molar-refractivity contribution < 1.29 is 14.1 Å². The summed E-state index contributed by atoms with van der Waals surface area (Å²) in [6, 6.07) is 0.116. The molecular formula is C11H19N3O3S2. The van der Waals surface area contributed by atoms with Crippen molar-refractivity contribution in [2.75, 3.05) is 17.8 Å². The molecule has 108 valence electrons. The topological polar surface area (TPSA) is 85.1 Å². The van der Waals surface area contributed by atoms with Crippen LogP contribution in [0.25, 0.3) is 0 Å². The first-order valence-corrected chi connectivity index (χ1v) is 8.75. The Kier molecular flexibility index (Phi) is 6.50. The smallest absolute Gasteiger partial charge is 0.313 e. The van der Waals surface area contributed by atoms with Crippen molar-refractivity contribution in [1.82, 2.24) is 14.8 Å². The van der Waals surface area contributed by atoms with E-state index < -0.39 is 16.8 Å². The first-order chi connectivity index (χ1) is 8.95. The molecule has 1 aromatic heterocycles. The van der Waals surface area contributed by atoms with Crippen LogP contribution in [0.5, 0.6) is 0 Å². The van der Waals surface area contributed by atoms with Gasteiger partial charge >= 0.3 is 5.97 Å². The van der Waals surface area contributed by atoms with Crippen LogP contribution in [-0.4, -0.2) is 47.8 Å². The van der Waals surface area contributed by atoms with Gasteiger partial charge in [-0.2, -0.15) is 0 Å². The fourth-order valence-electron chi connectivity index (χ4n) is 1.68. The molecule has 0 aliphatic rings. The Morgan fingerprint density at radius 1 is 1.53 bits per heavy atom. The van der Waals surface area contributed by atoms with Gasteiger partial charge in [-0.15, -0.1) is 10.2 Å². The van der Waals surface area contributed by atoms with Crippen molar-refractivity contribution >= 4 is 28.5 Å². The van der Waals surface area contributed by atoms with Gasteiger partial charge in [0.1, 0.15) is 5.82 Å². The average Bonchev–Trinajstić information content (AvgIpc) is 2.76. The number of aryl methyl sites for hydroxylation is 1. The minimum atomic E-state index is -0.875. The number of aliphatic carboxylic acids is 1. The number of thioether (sulfide) groups is 1. The number of carbonyl (C=O) groups is 1. The highest BCUT2D eigenvalue weighted by Gasteiger charge is 2.17. The molecule has 2 atom stereocenters. The minimum Gasteiger partial charge on any atom is -0.481 e. The normalized spacial score (nSPS) is 14.3. The van der Waals surface area contributed by atoms with E-state index in [9.17, 15) is 9.00 Å². The first kappa shape index (κ1) is 16.2. The SMILES string of the molecule is CCc1nnc(SCC(=O)O)n1C(C)CCS(C)=O. The molecule has 0 spiro atoms. The quantitative estimate of drug-likeness (QED) is 0.730. The number of aromatic nitrogens is 3. The summed E-state index contributed by atoms with van der Waals surface area (Å²) in [6.45, 7) is 4.00. The fourth-order valence-corrected chi connectivity index (χ4v) is 3.13. The Morgan fingerprint density at radius 2 is 2.21 bits per heavy atom. The summed E-state index contributed by atoms with van der Waals surface area (Å²) in [7, 11) is -0.829. The summed E-state index contributed by atoms with van der Waals surface area (Å²) < 4.78 is 13.1. The second-order valence-electron chi connectivity index (χ2n) is 4.22. The minimum absolute atomic E-state index is 0.0335. The van der Waals surface area contributed by atoms with Gasteiger partial charge in [-0.25, -0.2) is 0 Å². The zero-order valence-electron chi connectivity index (χ0n) is 11.3. The van der Waals surface area contributed by atoms with E-state index in [1.807, 2.05) is 18.4 Å². The van der Waals surface area contributed by atoms with Crippen LogP contribution in [0.15, 0.2) is 5.16 Å². The Hall–Kier alpha value is -0.890. The summed E-state index contributed by atoms with van der Waals surface area (Å²) in [4.78, 5) is 10.6. The van der Waals surface area contributed by atoms with Crippen LogP contribution >= 0.6 is 11.8 Å². The number of hydrogen-bond acceptors (Lipinski definition) is 5. The van der Waals surface area contributed by atoms with Crippen molar-refractivity contribution in [3.63, 3.8) is 0 Å². The predicted molar refractivity (Wildman–Crippen MR) is 76.0 cm³/mol. The van der Waals surface area contributed by atoms with Crippen LogP contribution < -0.4 is 0 Å². The molecule has 0 aromatic carbocycles. The van der Waals surface area contributed by atoms with E-state index in [1.165, 1.54) is 11.8 Å². The van der Waals surface area contributed by atoms with Crippen molar-refractivity contribution in [2.45, 2.75) is 37.9 Å². The second kappa shape index (κ2) is 7.64. The molecule has 2 unspecified atom stereocenters. The molecule has 1 N–H and O–H groups in total. The molecule has 0 bridgehead atoms. The fraction of sp³-hybridized carbons (Fsp3) is 0.727. The summed E-state index contributed by atoms with van der Waals surface area (Å²) in [5.41, 5.74) is 0. The van der Waals surface area contributed by atoms with Crippen molar-refractivity contribution in [3.8, 4) is 0 Å². The van der Waals surface area contributed by atoms with Crippen LogP contribution in [0, 0.1) is 0 Å². The van der Waals surface area contributed by atoms with Crippen molar-refractivity contribution in [2.24, 2.45) is 0 Å². The van der Waals surface area contributed by atoms with Gasteiger partial charge in [0, 0.05) is 35.3 Å². The van der Waals surface area contributed by atoms with Crippen LogP contribution in [0.1, 0.15) is 32.1 Å². The van der Waals surface area contributed by atoms with Crippen LogP contribution in [0.3, 0.4) is 0 Å². The summed E-state index contributed by atoms with van der Waals surface area (Å²) in [5, 5.41) is 17.5. The molecule has 0 aliphatic carbocycles. The lowest BCUT2D eigenvalue weighted by Crippen LogP contribution is -2.13. The molecule has 0 saturated heterocycles. The van der Waals surface area contributed by atoms with Gasteiger partial charge in [0.05, 0.1) is 5.75 Å². The predicted octanol–water partition coefficient (Wildman–Crippen LogP) is 1.35. The maximum Gasteiger partial charge on any atom is 0.313 e. The molecule has 0 fully saturated rings. The lowest BCUT2D eigenvalue weighted by Gasteiger charge is -2.16. The molecule has 0 amide bonds. The number of carboxylic acid groups (broad SMARTS) is 1. The second-order valence-corrected chi connectivity index (χ2v) is 6.72. The van der Waals surface area contributed by atoms with Crippen molar-refractivity contribution in [3.05, 3.63) is 5.82 Å². The lowest BCUT2D eigenvalue weighted by atomic mass is 10.2.